The van der Waals surface area contributed by atoms with Crippen LogP contribution in [0.4, 0.5) is 0 Å². The number of benzene rings is 1. The molecule has 1 aromatic carbocycles. The molecule has 2 nitrogen and oxygen atoms in total. The Balaban J connectivity index is 2.25. The summed E-state index contributed by atoms with van der Waals surface area (Å²) in [5.74, 6) is 0. The zero-order chi connectivity index (χ0) is 11.8. The van der Waals surface area contributed by atoms with Gasteiger partial charge in [-0.15, -0.1) is 6.58 Å². The molecule has 0 unspecified atom stereocenters. The molecule has 2 N–H and O–H groups in total. The maximum atomic E-state index is 5.89. The van der Waals surface area contributed by atoms with E-state index >= 15 is 0 Å². The molecule has 0 radical (unpaired) electrons. The number of thiocarbonyl (C=S) groups is 1. The zero-order valence-corrected chi connectivity index (χ0v) is 10.6. The largest absolute Gasteiger partial charge is 0.362 e. The summed E-state index contributed by atoms with van der Waals surface area (Å²) in [7, 11) is 0. The molecule has 0 saturated heterocycles. The van der Waals surface area contributed by atoms with E-state index in [4.69, 9.17) is 23.8 Å². The third-order valence-corrected chi connectivity index (χ3v) is 2.52. The van der Waals surface area contributed by atoms with Gasteiger partial charge in [0, 0.05) is 18.1 Å². The topological polar surface area (TPSA) is 24.1 Å². The van der Waals surface area contributed by atoms with Crippen molar-refractivity contribution >= 4 is 28.9 Å². The predicted molar refractivity (Wildman–Crippen MR) is 74.0 cm³/mol. The molecule has 1 rings (SSSR count). The van der Waals surface area contributed by atoms with Crippen molar-refractivity contribution in [2.75, 3.05) is 13.1 Å². The second-order valence-electron chi connectivity index (χ2n) is 3.31. The fourth-order valence-corrected chi connectivity index (χ4v) is 1.64. The summed E-state index contributed by atoms with van der Waals surface area (Å²) in [6.07, 6.45) is 2.67. The van der Waals surface area contributed by atoms with Crippen LogP contribution in [-0.2, 0) is 6.42 Å². The summed E-state index contributed by atoms with van der Waals surface area (Å²) >= 11 is 10.9. The Morgan fingerprint density at radius 2 is 2.25 bits per heavy atom. The van der Waals surface area contributed by atoms with Crippen LogP contribution in [0.5, 0.6) is 0 Å². The number of hydrogen-bond donors (Lipinski definition) is 2. The first-order chi connectivity index (χ1) is 7.72. The SMILES string of the molecule is C=CCNC(=S)NCCc1cccc(Cl)c1. The van der Waals surface area contributed by atoms with Crippen molar-refractivity contribution in [3.63, 3.8) is 0 Å². The lowest BCUT2D eigenvalue weighted by molar-refractivity contribution is 0.840. The van der Waals surface area contributed by atoms with Crippen LogP contribution >= 0.6 is 23.8 Å². The Kier molecular flexibility index (Phi) is 5.90. The third-order valence-electron chi connectivity index (χ3n) is 2.00. The Morgan fingerprint density at radius 3 is 2.94 bits per heavy atom. The van der Waals surface area contributed by atoms with E-state index in [9.17, 15) is 0 Å². The van der Waals surface area contributed by atoms with Crippen LogP contribution in [0.25, 0.3) is 0 Å². The van der Waals surface area contributed by atoms with Crippen molar-refractivity contribution in [2.24, 2.45) is 0 Å². The second kappa shape index (κ2) is 7.25. The molecule has 86 valence electrons. The van der Waals surface area contributed by atoms with Gasteiger partial charge in [0.25, 0.3) is 0 Å². The molecule has 0 heterocycles. The Hall–Kier alpha value is -1.06. The van der Waals surface area contributed by atoms with Gasteiger partial charge in [0.1, 0.15) is 0 Å². The Bertz CT molecular complexity index is 366. The average molecular weight is 255 g/mol. The van der Waals surface area contributed by atoms with Crippen LogP contribution in [0.2, 0.25) is 5.02 Å². The maximum Gasteiger partial charge on any atom is 0.166 e. The van der Waals surface area contributed by atoms with Gasteiger partial charge in [0.05, 0.1) is 0 Å². The molecular formula is C12H15ClN2S. The smallest absolute Gasteiger partial charge is 0.166 e. The van der Waals surface area contributed by atoms with Gasteiger partial charge in [-0.3, -0.25) is 0 Å². The first-order valence-corrected chi connectivity index (χ1v) is 5.88. The molecule has 0 aromatic heterocycles. The second-order valence-corrected chi connectivity index (χ2v) is 4.15. The number of halogens is 1. The molecule has 0 amide bonds. The van der Waals surface area contributed by atoms with E-state index in [1.54, 1.807) is 6.08 Å². The quantitative estimate of drug-likeness (QED) is 0.624. The van der Waals surface area contributed by atoms with Gasteiger partial charge >= 0.3 is 0 Å². The molecule has 1 aromatic rings. The minimum absolute atomic E-state index is 0.655. The van der Waals surface area contributed by atoms with Gasteiger partial charge in [-0.2, -0.15) is 0 Å². The summed E-state index contributed by atoms with van der Waals surface area (Å²) in [5.41, 5.74) is 1.20. The summed E-state index contributed by atoms with van der Waals surface area (Å²) in [6, 6.07) is 7.83. The lowest BCUT2D eigenvalue weighted by Crippen LogP contribution is -2.36. The summed E-state index contributed by atoms with van der Waals surface area (Å²) < 4.78 is 0. The van der Waals surface area contributed by atoms with Crippen LogP contribution in [0.1, 0.15) is 5.56 Å². The molecule has 0 spiro atoms. The highest BCUT2D eigenvalue weighted by Gasteiger charge is 1.96. The lowest BCUT2D eigenvalue weighted by Gasteiger charge is -2.08. The molecule has 0 aliphatic carbocycles. The Morgan fingerprint density at radius 1 is 1.44 bits per heavy atom. The highest BCUT2D eigenvalue weighted by atomic mass is 35.5. The monoisotopic (exact) mass is 254 g/mol. The van der Waals surface area contributed by atoms with E-state index < -0.39 is 0 Å². The number of nitrogens with one attached hydrogen (secondary N) is 2. The lowest BCUT2D eigenvalue weighted by atomic mass is 10.1. The molecule has 0 fully saturated rings. The molecule has 0 aliphatic rings. The van der Waals surface area contributed by atoms with Gasteiger partial charge in [-0.1, -0.05) is 29.8 Å². The van der Waals surface area contributed by atoms with Gasteiger partial charge in [0.15, 0.2) is 5.11 Å². The van der Waals surface area contributed by atoms with E-state index in [0.717, 1.165) is 18.0 Å². The van der Waals surface area contributed by atoms with E-state index in [-0.39, 0.29) is 0 Å². The zero-order valence-electron chi connectivity index (χ0n) is 9.00. The van der Waals surface area contributed by atoms with Crippen LogP contribution < -0.4 is 10.6 Å². The van der Waals surface area contributed by atoms with Crippen LogP contribution in [0, 0.1) is 0 Å². The molecule has 0 aliphatic heterocycles. The molecule has 4 heteroatoms. The first-order valence-electron chi connectivity index (χ1n) is 5.09. The van der Waals surface area contributed by atoms with E-state index in [0.29, 0.717) is 11.7 Å². The van der Waals surface area contributed by atoms with Crippen molar-refractivity contribution < 1.29 is 0 Å². The van der Waals surface area contributed by atoms with E-state index in [1.165, 1.54) is 5.56 Å². The van der Waals surface area contributed by atoms with Crippen LogP contribution in [0.3, 0.4) is 0 Å². The van der Waals surface area contributed by atoms with Crippen molar-refractivity contribution in [2.45, 2.75) is 6.42 Å². The minimum atomic E-state index is 0.655. The van der Waals surface area contributed by atoms with E-state index in [1.807, 2.05) is 24.3 Å². The minimum Gasteiger partial charge on any atom is -0.362 e. The standard InChI is InChI=1S/C12H15ClN2S/c1-2-7-14-12(16)15-8-6-10-4-3-5-11(13)9-10/h2-5,9H,1,6-8H2,(H2,14,15,16). The fraction of sp³-hybridized carbons (Fsp3) is 0.250. The number of rotatable bonds is 5. The molecule has 16 heavy (non-hydrogen) atoms. The summed E-state index contributed by atoms with van der Waals surface area (Å²) in [6.45, 7) is 5.08. The summed E-state index contributed by atoms with van der Waals surface area (Å²) in [4.78, 5) is 0. The van der Waals surface area contributed by atoms with E-state index in [2.05, 4.69) is 17.2 Å². The number of hydrogen-bond acceptors (Lipinski definition) is 1. The van der Waals surface area contributed by atoms with Gasteiger partial charge in [-0.25, -0.2) is 0 Å². The van der Waals surface area contributed by atoms with Gasteiger partial charge in [0.2, 0.25) is 0 Å². The molecule has 0 saturated carbocycles. The maximum absolute atomic E-state index is 5.89. The predicted octanol–water partition coefficient (Wildman–Crippen LogP) is 2.53. The fourth-order valence-electron chi connectivity index (χ4n) is 1.24. The average Bonchev–Trinajstić information content (AvgIpc) is 2.26. The van der Waals surface area contributed by atoms with Gasteiger partial charge < -0.3 is 10.6 Å². The normalized spacial score (nSPS) is 9.56. The third kappa shape index (κ3) is 5.14. The summed E-state index contributed by atoms with van der Waals surface area (Å²) in [5, 5.41) is 7.54. The Labute approximate surface area is 107 Å². The molecule has 0 bridgehead atoms. The van der Waals surface area contributed by atoms with Crippen molar-refractivity contribution in [1.82, 2.24) is 10.6 Å². The highest BCUT2D eigenvalue weighted by molar-refractivity contribution is 7.80. The highest BCUT2D eigenvalue weighted by Crippen LogP contribution is 2.10. The van der Waals surface area contributed by atoms with Crippen molar-refractivity contribution in [3.05, 3.63) is 47.5 Å². The molecular weight excluding hydrogens is 240 g/mol. The molecule has 0 atom stereocenters. The first kappa shape index (κ1) is 13.0. The van der Waals surface area contributed by atoms with Gasteiger partial charge in [-0.05, 0) is 36.3 Å². The van der Waals surface area contributed by atoms with Crippen molar-refractivity contribution in [1.29, 1.82) is 0 Å². The van der Waals surface area contributed by atoms with Crippen LogP contribution in [0.15, 0.2) is 36.9 Å². The van der Waals surface area contributed by atoms with Crippen LogP contribution in [-0.4, -0.2) is 18.2 Å². The van der Waals surface area contributed by atoms with Crippen molar-refractivity contribution in [3.8, 4) is 0 Å².